The number of primary sulfonamides is 1. The number of hydrogen-bond acceptors (Lipinski definition) is 3. The fourth-order valence-corrected chi connectivity index (χ4v) is 1.28. The minimum atomic E-state index is -4.03. The van der Waals surface area contributed by atoms with Gasteiger partial charge in [-0.05, 0) is 6.92 Å². The van der Waals surface area contributed by atoms with Crippen LogP contribution in [-0.2, 0) is 16.6 Å². The van der Waals surface area contributed by atoms with Gasteiger partial charge in [0.1, 0.15) is 0 Å². The Morgan fingerprint density at radius 1 is 1.75 bits per heavy atom. The number of hydrogen-bond donors (Lipinski definition) is 1. The summed E-state index contributed by atoms with van der Waals surface area (Å²) in [5.41, 5.74) is 0. The van der Waals surface area contributed by atoms with Gasteiger partial charge in [0.25, 0.3) is 10.0 Å². The van der Waals surface area contributed by atoms with Crippen LogP contribution >= 0.6 is 0 Å². The highest BCUT2D eigenvalue weighted by Gasteiger charge is 2.18. The lowest BCUT2D eigenvalue weighted by atomic mass is 10.7. The molecule has 0 saturated carbocycles. The lowest BCUT2D eigenvalue weighted by Gasteiger charge is -1.91. The number of nitrogens with two attached hydrogens (primary N) is 1. The van der Waals surface area contributed by atoms with Crippen molar-refractivity contribution in [2.24, 2.45) is 5.14 Å². The van der Waals surface area contributed by atoms with Gasteiger partial charge in [-0.2, -0.15) is 5.10 Å². The molecular weight excluding hydrogens is 185 g/mol. The Balaban J connectivity index is 3.27. The Labute approximate surface area is 69.0 Å². The lowest BCUT2D eigenvalue weighted by Crippen LogP contribution is -2.14. The fourth-order valence-electron chi connectivity index (χ4n) is 0.734. The molecule has 2 N–H and O–H groups in total. The van der Waals surface area contributed by atoms with Crippen LogP contribution in [0.25, 0.3) is 0 Å². The second-order valence-electron chi connectivity index (χ2n) is 2.18. The van der Waals surface area contributed by atoms with Crippen molar-refractivity contribution < 1.29 is 12.8 Å². The van der Waals surface area contributed by atoms with Gasteiger partial charge >= 0.3 is 0 Å². The highest BCUT2D eigenvalue weighted by atomic mass is 32.2. The van der Waals surface area contributed by atoms with Gasteiger partial charge in [0.2, 0.25) is 5.03 Å². The number of halogens is 1. The summed E-state index contributed by atoms with van der Waals surface area (Å²) < 4.78 is 35.2. The van der Waals surface area contributed by atoms with Crippen LogP contribution in [0.3, 0.4) is 0 Å². The molecule has 68 valence electrons. The van der Waals surface area contributed by atoms with Crippen LogP contribution < -0.4 is 5.14 Å². The Morgan fingerprint density at radius 3 is 2.58 bits per heavy atom. The summed E-state index contributed by atoms with van der Waals surface area (Å²) in [7, 11) is -4.03. The smallest absolute Gasteiger partial charge is 0.260 e. The molecule has 0 saturated heterocycles. The molecule has 0 aliphatic heterocycles. The minimum Gasteiger partial charge on any atom is -0.269 e. The first-order valence-corrected chi connectivity index (χ1v) is 4.75. The summed E-state index contributed by atoms with van der Waals surface area (Å²) in [6, 6.07) is 0. The second kappa shape index (κ2) is 2.83. The van der Waals surface area contributed by atoms with Crippen molar-refractivity contribution in [3.8, 4) is 0 Å². The molecule has 0 fully saturated rings. The first-order valence-electron chi connectivity index (χ1n) is 3.21. The summed E-state index contributed by atoms with van der Waals surface area (Å²) in [5.74, 6) is -0.917. The SMILES string of the molecule is CCn1cc(F)c(S(N)(=O)=O)n1. The maximum atomic E-state index is 12.8. The van der Waals surface area contributed by atoms with Gasteiger partial charge in [-0.15, -0.1) is 0 Å². The third kappa shape index (κ3) is 1.62. The number of nitrogens with zero attached hydrogens (tertiary/aromatic N) is 2. The van der Waals surface area contributed by atoms with E-state index in [1.54, 1.807) is 6.92 Å². The van der Waals surface area contributed by atoms with Crippen LogP contribution in [0.1, 0.15) is 6.92 Å². The normalized spacial score (nSPS) is 11.9. The number of aromatic nitrogens is 2. The molecule has 0 spiro atoms. The van der Waals surface area contributed by atoms with Crippen LogP contribution in [0, 0.1) is 5.82 Å². The molecule has 0 aliphatic rings. The summed E-state index contributed by atoms with van der Waals surface area (Å²) >= 11 is 0. The first-order chi connectivity index (χ1) is 5.45. The van der Waals surface area contributed by atoms with Crippen molar-refractivity contribution in [1.29, 1.82) is 0 Å². The van der Waals surface area contributed by atoms with E-state index < -0.39 is 20.9 Å². The van der Waals surface area contributed by atoms with Gasteiger partial charge in [0.15, 0.2) is 5.82 Å². The molecule has 1 rings (SSSR count). The van der Waals surface area contributed by atoms with Gasteiger partial charge in [-0.3, -0.25) is 4.68 Å². The molecule has 0 amide bonds. The van der Waals surface area contributed by atoms with E-state index in [9.17, 15) is 12.8 Å². The first kappa shape index (κ1) is 9.14. The molecular formula is C5H8FN3O2S. The average Bonchev–Trinajstić information content (AvgIpc) is 2.29. The van der Waals surface area contributed by atoms with Gasteiger partial charge < -0.3 is 0 Å². The zero-order valence-electron chi connectivity index (χ0n) is 6.36. The monoisotopic (exact) mass is 193 g/mol. The van der Waals surface area contributed by atoms with E-state index in [4.69, 9.17) is 0 Å². The Morgan fingerprint density at radius 2 is 2.33 bits per heavy atom. The molecule has 0 aromatic carbocycles. The van der Waals surface area contributed by atoms with Crippen LogP contribution in [-0.4, -0.2) is 18.2 Å². The average molecular weight is 193 g/mol. The molecule has 0 atom stereocenters. The summed E-state index contributed by atoms with van der Waals surface area (Å²) in [5, 5.41) is 7.41. The van der Waals surface area contributed by atoms with E-state index in [1.807, 2.05) is 0 Å². The van der Waals surface area contributed by atoms with E-state index in [0.29, 0.717) is 6.54 Å². The zero-order valence-corrected chi connectivity index (χ0v) is 7.18. The molecule has 12 heavy (non-hydrogen) atoms. The van der Waals surface area contributed by atoms with Crippen LogP contribution in [0.2, 0.25) is 0 Å². The van der Waals surface area contributed by atoms with E-state index in [1.165, 1.54) is 0 Å². The van der Waals surface area contributed by atoms with Crippen molar-refractivity contribution in [2.45, 2.75) is 18.5 Å². The second-order valence-corrected chi connectivity index (χ2v) is 3.66. The summed E-state index contributed by atoms with van der Waals surface area (Å²) in [6.45, 7) is 2.10. The number of rotatable bonds is 2. The quantitative estimate of drug-likeness (QED) is 0.699. The predicted molar refractivity (Wildman–Crippen MR) is 39.2 cm³/mol. The maximum absolute atomic E-state index is 12.8. The Bertz CT molecular complexity index is 383. The maximum Gasteiger partial charge on any atom is 0.260 e. The molecule has 1 aromatic heterocycles. The molecule has 1 aromatic rings. The topological polar surface area (TPSA) is 78.0 Å². The van der Waals surface area contributed by atoms with Crippen LogP contribution in [0.15, 0.2) is 11.2 Å². The van der Waals surface area contributed by atoms with E-state index >= 15 is 0 Å². The van der Waals surface area contributed by atoms with Crippen molar-refractivity contribution in [1.82, 2.24) is 9.78 Å². The van der Waals surface area contributed by atoms with Gasteiger partial charge in [-0.1, -0.05) is 0 Å². The fraction of sp³-hybridized carbons (Fsp3) is 0.400. The minimum absolute atomic E-state index is 0.395. The van der Waals surface area contributed by atoms with E-state index in [2.05, 4.69) is 10.2 Å². The van der Waals surface area contributed by atoms with Crippen molar-refractivity contribution >= 4 is 10.0 Å². The van der Waals surface area contributed by atoms with E-state index in [0.717, 1.165) is 10.9 Å². The van der Waals surface area contributed by atoms with Gasteiger partial charge in [0, 0.05) is 6.54 Å². The third-order valence-corrected chi connectivity index (χ3v) is 2.10. The summed E-state index contributed by atoms with van der Waals surface area (Å²) in [4.78, 5) is 0. The Hall–Kier alpha value is -0.950. The molecule has 1 heterocycles. The highest BCUT2D eigenvalue weighted by Crippen LogP contribution is 2.08. The lowest BCUT2D eigenvalue weighted by molar-refractivity contribution is 0.561. The van der Waals surface area contributed by atoms with Crippen LogP contribution in [0.5, 0.6) is 0 Å². The largest absolute Gasteiger partial charge is 0.269 e. The molecule has 0 unspecified atom stereocenters. The molecule has 0 aliphatic carbocycles. The van der Waals surface area contributed by atoms with Gasteiger partial charge in [0.05, 0.1) is 6.20 Å². The highest BCUT2D eigenvalue weighted by molar-refractivity contribution is 7.89. The number of aryl methyl sites for hydroxylation is 1. The molecule has 0 radical (unpaired) electrons. The standard InChI is InChI=1S/C5H8FN3O2S/c1-2-9-3-4(6)5(8-9)12(7,10)11/h3H,2H2,1H3,(H2,7,10,11). The van der Waals surface area contributed by atoms with E-state index in [-0.39, 0.29) is 0 Å². The van der Waals surface area contributed by atoms with Crippen LogP contribution in [0.4, 0.5) is 4.39 Å². The zero-order chi connectivity index (χ0) is 9.35. The number of sulfonamides is 1. The van der Waals surface area contributed by atoms with Crippen molar-refractivity contribution in [3.05, 3.63) is 12.0 Å². The summed E-state index contributed by atoms with van der Waals surface area (Å²) in [6.07, 6.45) is 0.986. The third-order valence-electron chi connectivity index (χ3n) is 1.28. The van der Waals surface area contributed by atoms with Gasteiger partial charge in [-0.25, -0.2) is 17.9 Å². The predicted octanol–water partition coefficient (Wildman–Crippen LogP) is -0.310. The molecule has 0 bridgehead atoms. The molecule has 7 heteroatoms. The van der Waals surface area contributed by atoms with Crippen molar-refractivity contribution in [3.63, 3.8) is 0 Å². The van der Waals surface area contributed by atoms with Crippen molar-refractivity contribution in [2.75, 3.05) is 0 Å². The molecule has 5 nitrogen and oxygen atoms in total. The Kier molecular flexibility index (Phi) is 2.16.